The van der Waals surface area contributed by atoms with E-state index >= 15 is 0 Å². The Morgan fingerprint density at radius 2 is 1.95 bits per heavy atom. The zero-order chi connectivity index (χ0) is 14.1. The van der Waals surface area contributed by atoms with Crippen LogP contribution in [0.4, 0.5) is 0 Å². The maximum Gasteiger partial charge on any atom is 0.222 e. The molecule has 0 saturated carbocycles. The van der Waals surface area contributed by atoms with Gasteiger partial charge in [-0.1, -0.05) is 25.1 Å². The molecule has 1 aromatic heterocycles. The Balaban J connectivity index is 1.82. The van der Waals surface area contributed by atoms with E-state index in [9.17, 15) is 4.79 Å². The van der Waals surface area contributed by atoms with Crippen LogP contribution in [0, 0.1) is 0 Å². The number of aromatic nitrogens is 1. The number of rotatable bonds is 2. The SMILES string of the molecule is CCC(=O)N1CCC(c2cn(C)c3ccccc23)CC1. The van der Waals surface area contributed by atoms with E-state index in [1.165, 1.54) is 16.5 Å². The standard InChI is InChI=1S/C17H22N2O/c1-3-17(20)19-10-8-13(9-11-19)15-12-18(2)16-7-5-4-6-14(15)16/h4-7,12-13H,3,8-11H2,1-2H3. The number of hydrogen-bond acceptors (Lipinski definition) is 1. The van der Waals surface area contributed by atoms with E-state index in [0.29, 0.717) is 18.2 Å². The Bertz CT molecular complexity index is 621. The molecule has 0 atom stereocenters. The number of amides is 1. The molecular weight excluding hydrogens is 248 g/mol. The molecule has 0 spiro atoms. The molecule has 3 rings (SSSR count). The number of para-hydroxylation sites is 1. The zero-order valence-electron chi connectivity index (χ0n) is 12.3. The number of carbonyl (C=O) groups is 1. The smallest absolute Gasteiger partial charge is 0.222 e. The van der Waals surface area contributed by atoms with Gasteiger partial charge in [-0.05, 0) is 30.4 Å². The molecule has 3 nitrogen and oxygen atoms in total. The predicted octanol–water partition coefficient (Wildman–Crippen LogP) is 3.29. The monoisotopic (exact) mass is 270 g/mol. The van der Waals surface area contributed by atoms with E-state index in [0.717, 1.165) is 25.9 Å². The molecule has 0 unspecified atom stereocenters. The van der Waals surface area contributed by atoms with Gasteiger partial charge in [-0.3, -0.25) is 4.79 Å². The summed E-state index contributed by atoms with van der Waals surface area (Å²) in [7, 11) is 2.11. The Morgan fingerprint density at radius 3 is 2.65 bits per heavy atom. The van der Waals surface area contributed by atoms with E-state index < -0.39 is 0 Å². The first-order valence-electron chi connectivity index (χ1n) is 7.52. The number of nitrogens with zero attached hydrogens (tertiary/aromatic N) is 2. The number of carbonyl (C=O) groups excluding carboxylic acids is 1. The largest absolute Gasteiger partial charge is 0.350 e. The van der Waals surface area contributed by atoms with Gasteiger partial charge in [-0.15, -0.1) is 0 Å². The van der Waals surface area contributed by atoms with Gasteiger partial charge in [0.25, 0.3) is 0 Å². The van der Waals surface area contributed by atoms with Gasteiger partial charge >= 0.3 is 0 Å². The molecule has 2 aromatic rings. The average Bonchev–Trinajstić information content (AvgIpc) is 2.84. The third-order valence-corrected chi connectivity index (χ3v) is 4.52. The van der Waals surface area contributed by atoms with E-state index in [1.807, 2.05) is 11.8 Å². The maximum absolute atomic E-state index is 11.7. The highest BCUT2D eigenvalue weighted by Gasteiger charge is 2.24. The fraction of sp³-hybridized carbons (Fsp3) is 0.471. The fourth-order valence-electron chi connectivity index (χ4n) is 3.36. The minimum atomic E-state index is 0.293. The normalized spacial score (nSPS) is 16.8. The van der Waals surface area contributed by atoms with Crippen LogP contribution in [0.15, 0.2) is 30.5 Å². The van der Waals surface area contributed by atoms with Crippen LogP contribution in [0.5, 0.6) is 0 Å². The average molecular weight is 270 g/mol. The molecule has 1 aliphatic rings. The van der Waals surface area contributed by atoms with Gasteiger partial charge in [0.2, 0.25) is 5.91 Å². The molecule has 0 radical (unpaired) electrons. The van der Waals surface area contributed by atoms with E-state index in [1.54, 1.807) is 0 Å². The van der Waals surface area contributed by atoms with Gasteiger partial charge in [0.1, 0.15) is 0 Å². The highest BCUT2D eigenvalue weighted by Crippen LogP contribution is 2.34. The first-order chi connectivity index (χ1) is 9.70. The van der Waals surface area contributed by atoms with Crippen LogP contribution in [0.1, 0.15) is 37.7 Å². The number of hydrogen-bond donors (Lipinski definition) is 0. The van der Waals surface area contributed by atoms with E-state index in [4.69, 9.17) is 0 Å². The Labute approximate surface area is 120 Å². The van der Waals surface area contributed by atoms with Crippen molar-refractivity contribution in [3.05, 3.63) is 36.0 Å². The topological polar surface area (TPSA) is 25.2 Å². The second-order valence-electron chi connectivity index (χ2n) is 5.72. The Morgan fingerprint density at radius 1 is 1.25 bits per heavy atom. The van der Waals surface area contributed by atoms with Crippen molar-refractivity contribution in [3.63, 3.8) is 0 Å². The lowest BCUT2D eigenvalue weighted by Gasteiger charge is -2.31. The van der Waals surface area contributed by atoms with Crippen LogP contribution in [-0.2, 0) is 11.8 Å². The van der Waals surface area contributed by atoms with Gasteiger partial charge in [0.05, 0.1) is 0 Å². The minimum absolute atomic E-state index is 0.293. The molecular formula is C17H22N2O. The summed E-state index contributed by atoms with van der Waals surface area (Å²) < 4.78 is 2.22. The van der Waals surface area contributed by atoms with Gasteiger partial charge in [0, 0.05) is 43.7 Å². The lowest BCUT2D eigenvalue weighted by Crippen LogP contribution is -2.37. The lowest BCUT2D eigenvalue weighted by atomic mass is 9.89. The summed E-state index contributed by atoms with van der Waals surface area (Å²) in [4.78, 5) is 13.8. The summed E-state index contributed by atoms with van der Waals surface area (Å²) in [6.07, 6.45) is 5.06. The van der Waals surface area contributed by atoms with Gasteiger partial charge in [-0.2, -0.15) is 0 Å². The van der Waals surface area contributed by atoms with Crippen molar-refractivity contribution in [3.8, 4) is 0 Å². The highest BCUT2D eigenvalue weighted by atomic mass is 16.2. The van der Waals surface area contributed by atoms with Crippen molar-refractivity contribution in [2.45, 2.75) is 32.1 Å². The number of likely N-dealkylation sites (tertiary alicyclic amines) is 1. The maximum atomic E-state index is 11.7. The van der Waals surface area contributed by atoms with Crippen LogP contribution in [0.3, 0.4) is 0 Å². The number of piperidine rings is 1. The van der Waals surface area contributed by atoms with Crippen molar-refractivity contribution < 1.29 is 4.79 Å². The van der Waals surface area contributed by atoms with Crippen molar-refractivity contribution in [1.82, 2.24) is 9.47 Å². The van der Waals surface area contributed by atoms with Crippen molar-refractivity contribution in [1.29, 1.82) is 0 Å². The summed E-state index contributed by atoms with van der Waals surface area (Å²) in [5.41, 5.74) is 2.75. The lowest BCUT2D eigenvalue weighted by molar-refractivity contribution is -0.131. The quantitative estimate of drug-likeness (QED) is 0.822. The molecule has 0 aliphatic carbocycles. The number of fused-ring (bicyclic) bond motifs is 1. The second-order valence-corrected chi connectivity index (χ2v) is 5.72. The Hall–Kier alpha value is -1.77. The van der Waals surface area contributed by atoms with Crippen molar-refractivity contribution in [2.24, 2.45) is 7.05 Å². The third kappa shape index (κ3) is 2.21. The van der Waals surface area contributed by atoms with Crippen molar-refractivity contribution in [2.75, 3.05) is 13.1 Å². The van der Waals surface area contributed by atoms with Gasteiger partial charge in [-0.25, -0.2) is 0 Å². The second kappa shape index (κ2) is 5.31. The summed E-state index contributed by atoms with van der Waals surface area (Å²) in [5, 5.41) is 1.37. The summed E-state index contributed by atoms with van der Waals surface area (Å²) in [6.45, 7) is 3.75. The molecule has 2 heterocycles. The van der Waals surface area contributed by atoms with Gasteiger partial charge in [0.15, 0.2) is 0 Å². The third-order valence-electron chi connectivity index (χ3n) is 4.52. The summed E-state index contributed by atoms with van der Waals surface area (Å²) in [5.74, 6) is 0.878. The van der Waals surface area contributed by atoms with E-state index in [-0.39, 0.29) is 0 Å². The number of benzene rings is 1. The molecule has 0 N–H and O–H groups in total. The number of aryl methyl sites for hydroxylation is 1. The van der Waals surface area contributed by atoms with Crippen LogP contribution in [-0.4, -0.2) is 28.5 Å². The molecule has 1 aromatic carbocycles. The first-order valence-corrected chi connectivity index (χ1v) is 7.52. The molecule has 0 bridgehead atoms. The Kier molecular flexibility index (Phi) is 3.51. The van der Waals surface area contributed by atoms with Crippen LogP contribution < -0.4 is 0 Å². The van der Waals surface area contributed by atoms with Crippen LogP contribution in [0.2, 0.25) is 0 Å². The minimum Gasteiger partial charge on any atom is -0.350 e. The molecule has 1 saturated heterocycles. The molecule has 1 aliphatic heterocycles. The van der Waals surface area contributed by atoms with Crippen LogP contribution in [0.25, 0.3) is 10.9 Å². The summed E-state index contributed by atoms with van der Waals surface area (Å²) in [6, 6.07) is 8.60. The predicted molar refractivity (Wildman–Crippen MR) is 81.8 cm³/mol. The molecule has 3 heteroatoms. The molecule has 106 valence electrons. The fourth-order valence-corrected chi connectivity index (χ4v) is 3.36. The highest BCUT2D eigenvalue weighted by molar-refractivity contribution is 5.84. The van der Waals surface area contributed by atoms with E-state index in [2.05, 4.69) is 42.1 Å². The van der Waals surface area contributed by atoms with Gasteiger partial charge < -0.3 is 9.47 Å². The molecule has 1 amide bonds. The zero-order valence-corrected chi connectivity index (χ0v) is 12.3. The summed E-state index contributed by atoms with van der Waals surface area (Å²) >= 11 is 0. The molecule has 20 heavy (non-hydrogen) atoms. The first kappa shape index (κ1) is 13.2. The molecule has 1 fully saturated rings. The van der Waals surface area contributed by atoms with Crippen LogP contribution >= 0.6 is 0 Å². The van der Waals surface area contributed by atoms with Crippen molar-refractivity contribution >= 4 is 16.8 Å².